The number of benzene rings is 2. The van der Waals surface area contributed by atoms with Crippen LogP contribution in [0.25, 0.3) is 17.2 Å². The zero-order valence-corrected chi connectivity index (χ0v) is 14.8. The van der Waals surface area contributed by atoms with Gasteiger partial charge in [-0.3, -0.25) is 4.79 Å². The second-order valence-electron chi connectivity index (χ2n) is 6.41. The van der Waals surface area contributed by atoms with Gasteiger partial charge < -0.3 is 14.1 Å². The molecule has 27 heavy (non-hydrogen) atoms. The van der Waals surface area contributed by atoms with Crippen LogP contribution in [0, 0.1) is 0 Å². The summed E-state index contributed by atoms with van der Waals surface area (Å²) in [5.74, 6) is -0.552. The van der Waals surface area contributed by atoms with Crippen molar-refractivity contribution < 1.29 is 18.7 Å². The van der Waals surface area contributed by atoms with Crippen molar-refractivity contribution in [3.05, 3.63) is 66.1 Å². The number of ether oxygens (including phenoxy) is 1. The molecule has 0 bridgehead atoms. The quantitative estimate of drug-likeness (QED) is 0.526. The number of esters is 1. The second kappa shape index (κ2) is 7.07. The number of nitrogens with zero attached hydrogens (tertiary/aromatic N) is 2. The summed E-state index contributed by atoms with van der Waals surface area (Å²) < 4.78 is 10.6. The number of hydrogen-bond acceptors (Lipinski definition) is 5. The van der Waals surface area contributed by atoms with Crippen molar-refractivity contribution in [1.29, 1.82) is 0 Å². The number of rotatable bonds is 4. The molecular formula is C21H18N2O4. The summed E-state index contributed by atoms with van der Waals surface area (Å²) >= 11 is 0. The minimum Gasteiger partial charge on any atom is -0.452 e. The molecule has 0 N–H and O–H groups in total. The zero-order valence-electron chi connectivity index (χ0n) is 14.8. The van der Waals surface area contributed by atoms with Crippen LogP contribution >= 0.6 is 0 Å². The van der Waals surface area contributed by atoms with Gasteiger partial charge in [0.15, 0.2) is 12.2 Å². The predicted octanol–water partition coefficient (Wildman–Crippen LogP) is 3.36. The van der Waals surface area contributed by atoms with E-state index in [1.807, 2.05) is 49.4 Å². The Kier molecular flexibility index (Phi) is 4.46. The molecule has 0 unspecified atom stereocenters. The van der Waals surface area contributed by atoms with Gasteiger partial charge in [-0.25, -0.2) is 9.78 Å². The molecule has 0 aliphatic carbocycles. The first-order valence-electron chi connectivity index (χ1n) is 8.72. The molecule has 1 amide bonds. The lowest BCUT2D eigenvalue weighted by atomic mass is 10.1. The Balaban J connectivity index is 1.37. The molecule has 1 aliphatic rings. The summed E-state index contributed by atoms with van der Waals surface area (Å²) in [4.78, 5) is 30.4. The Bertz CT molecular complexity index is 1000. The van der Waals surface area contributed by atoms with Crippen LogP contribution in [0.2, 0.25) is 0 Å². The van der Waals surface area contributed by atoms with Gasteiger partial charge in [-0.1, -0.05) is 30.3 Å². The smallest absolute Gasteiger partial charge is 0.331 e. The van der Waals surface area contributed by atoms with Crippen LogP contribution in [-0.2, 0) is 20.7 Å². The van der Waals surface area contributed by atoms with E-state index in [9.17, 15) is 9.59 Å². The second-order valence-corrected chi connectivity index (χ2v) is 6.41. The SMILES string of the molecule is C[C@@H]1Cc2ccccc2N1C(=O)COC(=O)/C=C/c1nc2ccccc2o1. The van der Waals surface area contributed by atoms with Gasteiger partial charge >= 0.3 is 5.97 Å². The van der Waals surface area contributed by atoms with Gasteiger partial charge in [0, 0.05) is 23.9 Å². The summed E-state index contributed by atoms with van der Waals surface area (Å²) in [6.07, 6.45) is 3.44. The van der Waals surface area contributed by atoms with E-state index in [0.717, 1.165) is 17.7 Å². The van der Waals surface area contributed by atoms with Crippen molar-refractivity contribution in [1.82, 2.24) is 4.98 Å². The van der Waals surface area contributed by atoms with Crippen molar-refractivity contribution >= 4 is 34.7 Å². The van der Waals surface area contributed by atoms with Crippen LogP contribution in [0.1, 0.15) is 18.4 Å². The minimum atomic E-state index is -0.620. The van der Waals surface area contributed by atoms with E-state index < -0.39 is 5.97 Å². The van der Waals surface area contributed by atoms with Crippen LogP contribution in [0.4, 0.5) is 5.69 Å². The molecule has 2 aromatic carbocycles. The maximum absolute atomic E-state index is 12.5. The van der Waals surface area contributed by atoms with Gasteiger partial charge in [-0.2, -0.15) is 0 Å². The molecule has 0 saturated carbocycles. The van der Waals surface area contributed by atoms with Gasteiger partial charge in [0.05, 0.1) is 0 Å². The van der Waals surface area contributed by atoms with E-state index in [0.29, 0.717) is 17.0 Å². The van der Waals surface area contributed by atoms with E-state index >= 15 is 0 Å². The number of fused-ring (bicyclic) bond motifs is 2. The van der Waals surface area contributed by atoms with Crippen molar-refractivity contribution in [2.75, 3.05) is 11.5 Å². The van der Waals surface area contributed by atoms with Gasteiger partial charge in [-0.05, 0) is 37.1 Å². The van der Waals surface area contributed by atoms with E-state index in [4.69, 9.17) is 9.15 Å². The third-order valence-corrected chi connectivity index (χ3v) is 4.49. The summed E-state index contributed by atoms with van der Waals surface area (Å²) in [7, 11) is 0. The molecule has 4 rings (SSSR count). The van der Waals surface area contributed by atoms with E-state index in [1.165, 1.54) is 12.2 Å². The van der Waals surface area contributed by atoms with Crippen molar-refractivity contribution in [3.8, 4) is 0 Å². The lowest BCUT2D eigenvalue weighted by Crippen LogP contribution is -2.38. The Morgan fingerprint density at radius 1 is 1.22 bits per heavy atom. The molecule has 0 radical (unpaired) electrons. The third-order valence-electron chi connectivity index (χ3n) is 4.49. The van der Waals surface area contributed by atoms with Gasteiger partial charge in [0.1, 0.15) is 5.52 Å². The van der Waals surface area contributed by atoms with E-state index in [1.54, 1.807) is 11.0 Å². The lowest BCUT2D eigenvalue weighted by molar-refractivity contribution is -0.143. The molecule has 1 atom stereocenters. The largest absolute Gasteiger partial charge is 0.452 e. The first-order chi connectivity index (χ1) is 13.1. The molecule has 6 nitrogen and oxygen atoms in total. The number of oxazole rings is 1. The average Bonchev–Trinajstić information content (AvgIpc) is 3.23. The van der Waals surface area contributed by atoms with Crippen LogP contribution in [0.3, 0.4) is 0 Å². The number of para-hydroxylation sites is 3. The van der Waals surface area contributed by atoms with Crippen LogP contribution in [-0.4, -0.2) is 29.5 Å². The Labute approximate surface area is 156 Å². The number of anilines is 1. The van der Waals surface area contributed by atoms with Crippen LogP contribution in [0.15, 0.2) is 59.0 Å². The monoisotopic (exact) mass is 362 g/mol. The Morgan fingerprint density at radius 2 is 2.00 bits per heavy atom. The Hall–Kier alpha value is -3.41. The summed E-state index contributed by atoms with van der Waals surface area (Å²) in [6, 6.07) is 15.1. The molecule has 1 aromatic heterocycles. The molecule has 0 saturated heterocycles. The normalized spacial score (nSPS) is 16.0. The van der Waals surface area contributed by atoms with Crippen LogP contribution < -0.4 is 4.90 Å². The Morgan fingerprint density at radius 3 is 2.85 bits per heavy atom. The number of carbonyl (C=O) groups excluding carboxylic acids is 2. The van der Waals surface area contributed by atoms with Crippen LogP contribution in [0.5, 0.6) is 0 Å². The van der Waals surface area contributed by atoms with Gasteiger partial charge in [-0.15, -0.1) is 0 Å². The van der Waals surface area contributed by atoms with Crippen molar-refractivity contribution in [2.45, 2.75) is 19.4 Å². The molecular weight excluding hydrogens is 344 g/mol. The highest BCUT2D eigenvalue weighted by Gasteiger charge is 2.30. The first-order valence-corrected chi connectivity index (χ1v) is 8.72. The van der Waals surface area contributed by atoms with E-state index in [2.05, 4.69) is 4.98 Å². The number of amides is 1. The number of hydrogen-bond donors (Lipinski definition) is 0. The predicted molar refractivity (Wildman–Crippen MR) is 101 cm³/mol. The number of aromatic nitrogens is 1. The van der Waals surface area contributed by atoms with Crippen molar-refractivity contribution in [2.24, 2.45) is 0 Å². The molecule has 3 aromatic rings. The topological polar surface area (TPSA) is 72.6 Å². The van der Waals surface area contributed by atoms with E-state index in [-0.39, 0.29) is 18.6 Å². The van der Waals surface area contributed by atoms with Gasteiger partial charge in [0.2, 0.25) is 5.89 Å². The summed E-state index contributed by atoms with van der Waals surface area (Å²) in [5, 5.41) is 0. The lowest BCUT2D eigenvalue weighted by Gasteiger charge is -2.22. The average molecular weight is 362 g/mol. The summed E-state index contributed by atoms with van der Waals surface area (Å²) in [6.45, 7) is 1.67. The molecule has 6 heteroatoms. The fourth-order valence-electron chi connectivity index (χ4n) is 3.30. The first kappa shape index (κ1) is 17.0. The zero-order chi connectivity index (χ0) is 18.8. The summed E-state index contributed by atoms with van der Waals surface area (Å²) in [5.41, 5.74) is 3.36. The molecule has 0 spiro atoms. The highest BCUT2D eigenvalue weighted by molar-refractivity contribution is 5.98. The molecule has 2 heterocycles. The minimum absolute atomic E-state index is 0.0453. The molecule has 0 fully saturated rings. The standard InChI is InChI=1S/C21H18N2O4/c1-14-12-15-6-2-4-8-17(15)23(14)20(24)13-26-21(25)11-10-19-22-16-7-3-5-9-18(16)27-19/h2-11,14H,12-13H2,1H3/b11-10+/t14-/m1/s1. The number of carbonyl (C=O) groups is 2. The third kappa shape index (κ3) is 3.46. The highest BCUT2D eigenvalue weighted by Crippen LogP contribution is 2.31. The van der Waals surface area contributed by atoms with Gasteiger partial charge in [0.25, 0.3) is 5.91 Å². The fraction of sp³-hybridized carbons (Fsp3) is 0.190. The fourth-order valence-corrected chi connectivity index (χ4v) is 3.30. The molecule has 1 aliphatic heterocycles. The maximum atomic E-state index is 12.5. The molecule has 136 valence electrons. The van der Waals surface area contributed by atoms with Crippen molar-refractivity contribution in [3.63, 3.8) is 0 Å². The highest BCUT2D eigenvalue weighted by atomic mass is 16.5. The maximum Gasteiger partial charge on any atom is 0.331 e.